The highest BCUT2D eigenvalue weighted by Crippen LogP contribution is 2.24. The lowest BCUT2D eigenvalue weighted by Gasteiger charge is -2.31. The Hall–Kier alpha value is -1.70. The van der Waals surface area contributed by atoms with Gasteiger partial charge in [0, 0.05) is 30.4 Å². The number of aliphatic hydroxyl groups is 1. The van der Waals surface area contributed by atoms with Crippen LogP contribution in [0.1, 0.15) is 25.3 Å². The first-order valence-electron chi connectivity index (χ1n) is 7.55. The van der Waals surface area contributed by atoms with E-state index in [2.05, 4.69) is 16.1 Å². The second-order valence-electron chi connectivity index (χ2n) is 5.31. The number of likely N-dealkylation sites (tertiary alicyclic amines) is 1. The number of anilines is 1. The smallest absolute Gasteiger partial charge is 0.124 e. The van der Waals surface area contributed by atoms with Gasteiger partial charge in [-0.05, 0) is 38.0 Å². The minimum atomic E-state index is -0.00847. The van der Waals surface area contributed by atoms with Crippen LogP contribution in [0.5, 0.6) is 5.75 Å². The van der Waals surface area contributed by atoms with Crippen LogP contribution in [0.25, 0.3) is 0 Å². The van der Waals surface area contributed by atoms with Gasteiger partial charge in [0.1, 0.15) is 5.75 Å². The molecule has 0 aromatic heterocycles. The van der Waals surface area contributed by atoms with Gasteiger partial charge in [0.25, 0.3) is 0 Å². The Morgan fingerprint density at radius 3 is 2.81 bits per heavy atom. The summed E-state index contributed by atoms with van der Waals surface area (Å²) < 4.78 is 5.50. The van der Waals surface area contributed by atoms with Crippen molar-refractivity contribution in [3.05, 3.63) is 23.8 Å². The Morgan fingerprint density at radius 1 is 1.43 bits per heavy atom. The third kappa shape index (κ3) is 4.38. The van der Waals surface area contributed by atoms with E-state index < -0.39 is 0 Å². The van der Waals surface area contributed by atoms with E-state index in [1.54, 1.807) is 0 Å². The molecule has 1 fully saturated rings. The maximum atomic E-state index is 9.44. The third-order valence-corrected chi connectivity index (χ3v) is 3.80. The van der Waals surface area contributed by atoms with Gasteiger partial charge in [-0.3, -0.25) is 4.90 Å². The Balaban J connectivity index is 1.93. The fraction of sp³-hybridized carbons (Fsp3) is 0.529. The van der Waals surface area contributed by atoms with Gasteiger partial charge in [0.2, 0.25) is 0 Å². The summed E-state index contributed by atoms with van der Waals surface area (Å²) in [5.41, 5.74) is 1.87. The molecule has 0 atom stereocenters. The summed E-state index contributed by atoms with van der Waals surface area (Å²) in [5, 5.41) is 13.0. The summed E-state index contributed by atoms with van der Waals surface area (Å²) >= 11 is 0. The molecule has 1 aromatic rings. The fourth-order valence-corrected chi connectivity index (χ4v) is 2.69. The van der Waals surface area contributed by atoms with Crippen molar-refractivity contribution in [1.82, 2.24) is 4.90 Å². The molecule has 1 aromatic carbocycles. The van der Waals surface area contributed by atoms with Crippen molar-refractivity contribution >= 4 is 5.69 Å². The molecule has 114 valence electrons. The van der Waals surface area contributed by atoms with Crippen LogP contribution < -0.4 is 10.1 Å². The lowest BCUT2D eigenvalue weighted by Crippen LogP contribution is -2.39. The van der Waals surface area contributed by atoms with Crippen molar-refractivity contribution < 1.29 is 9.84 Å². The second kappa shape index (κ2) is 7.92. The first-order chi connectivity index (χ1) is 10.3. The topological polar surface area (TPSA) is 44.7 Å². The number of piperidine rings is 1. The standard InChI is InChI=1S/C17H24N2O2/c1-3-9-19-10-7-15(8-11-19)18-16-5-6-17(21-4-2)14(12-16)13-20/h1,5-6,12,15,18,20H,4,7-11,13H2,2H3. The van der Waals surface area contributed by atoms with E-state index in [-0.39, 0.29) is 6.61 Å². The third-order valence-electron chi connectivity index (χ3n) is 3.80. The average Bonchev–Trinajstić information content (AvgIpc) is 2.51. The molecule has 1 aliphatic heterocycles. The largest absolute Gasteiger partial charge is 0.494 e. The SMILES string of the molecule is C#CCN1CCC(Nc2ccc(OCC)c(CO)c2)CC1. The molecular weight excluding hydrogens is 264 g/mol. The van der Waals surface area contributed by atoms with E-state index in [1.165, 1.54) is 0 Å². The van der Waals surface area contributed by atoms with E-state index in [0.717, 1.165) is 49.5 Å². The van der Waals surface area contributed by atoms with Gasteiger partial charge in [-0.15, -0.1) is 6.42 Å². The maximum absolute atomic E-state index is 9.44. The molecule has 4 nitrogen and oxygen atoms in total. The number of hydrogen-bond acceptors (Lipinski definition) is 4. The molecule has 21 heavy (non-hydrogen) atoms. The minimum absolute atomic E-state index is 0.00847. The molecule has 4 heteroatoms. The van der Waals surface area contributed by atoms with E-state index in [9.17, 15) is 5.11 Å². The molecule has 0 amide bonds. The monoisotopic (exact) mass is 288 g/mol. The number of nitrogens with one attached hydrogen (secondary N) is 1. The Kier molecular flexibility index (Phi) is 5.91. The average molecular weight is 288 g/mol. The summed E-state index contributed by atoms with van der Waals surface area (Å²) in [5.74, 6) is 3.46. The highest BCUT2D eigenvalue weighted by molar-refractivity contribution is 5.51. The van der Waals surface area contributed by atoms with Crippen LogP contribution in [0.4, 0.5) is 5.69 Å². The highest BCUT2D eigenvalue weighted by Gasteiger charge is 2.18. The predicted molar refractivity (Wildman–Crippen MR) is 85.5 cm³/mol. The van der Waals surface area contributed by atoms with Crippen molar-refractivity contribution in [1.29, 1.82) is 0 Å². The molecular formula is C17H24N2O2. The molecule has 1 saturated heterocycles. The second-order valence-corrected chi connectivity index (χ2v) is 5.31. The molecule has 0 aliphatic carbocycles. The van der Waals surface area contributed by atoms with Crippen LogP contribution in [-0.4, -0.2) is 42.3 Å². The van der Waals surface area contributed by atoms with Crippen molar-refractivity contribution in [3.8, 4) is 18.1 Å². The Labute approximate surface area is 127 Å². The maximum Gasteiger partial charge on any atom is 0.124 e. The van der Waals surface area contributed by atoms with Crippen LogP contribution in [0.2, 0.25) is 0 Å². The lowest BCUT2D eigenvalue weighted by molar-refractivity contribution is 0.243. The summed E-state index contributed by atoms with van der Waals surface area (Å²) in [6.45, 7) is 5.35. The zero-order valence-corrected chi connectivity index (χ0v) is 12.6. The molecule has 0 spiro atoms. The van der Waals surface area contributed by atoms with Crippen molar-refractivity contribution in [2.24, 2.45) is 0 Å². The number of hydrogen-bond donors (Lipinski definition) is 2. The van der Waals surface area contributed by atoms with Gasteiger partial charge < -0.3 is 15.2 Å². The summed E-state index contributed by atoms with van der Waals surface area (Å²) in [4.78, 5) is 2.30. The van der Waals surface area contributed by atoms with E-state index in [1.807, 2.05) is 25.1 Å². The van der Waals surface area contributed by atoms with Gasteiger partial charge in [-0.2, -0.15) is 0 Å². The fourth-order valence-electron chi connectivity index (χ4n) is 2.69. The number of benzene rings is 1. The quantitative estimate of drug-likeness (QED) is 0.787. The van der Waals surface area contributed by atoms with E-state index in [0.29, 0.717) is 12.6 Å². The van der Waals surface area contributed by atoms with Crippen molar-refractivity contribution in [2.75, 3.05) is 31.6 Å². The molecule has 1 aliphatic rings. The van der Waals surface area contributed by atoms with Crippen LogP contribution in [-0.2, 0) is 6.61 Å². The van der Waals surface area contributed by atoms with Crippen LogP contribution in [0.3, 0.4) is 0 Å². The molecule has 0 bridgehead atoms. The number of terminal acetylenes is 1. The normalized spacial score (nSPS) is 16.4. The van der Waals surface area contributed by atoms with Crippen LogP contribution in [0.15, 0.2) is 18.2 Å². The van der Waals surface area contributed by atoms with Crippen LogP contribution in [0, 0.1) is 12.3 Å². The number of aliphatic hydroxyl groups excluding tert-OH is 1. The Bertz CT molecular complexity index is 488. The Morgan fingerprint density at radius 2 is 2.19 bits per heavy atom. The summed E-state index contributed by atoms with van der Waals surface area (Å²) in [7, 11) is 0. The predicted octanol–water partition coefficient (Wildman–Crippen LogP) is 2.09. The van der Waals surface area contributed by atoms with Gasteiger partial charge >= 0.3 is 0 Å². The number of nitrogens with zero attached hydrogens (tertiary/aromatic N) is 1. The molecule has 0 unspecified atom stereocenters. The van der Waals surface area contributed by atoms with Gasteiger partial charge in [0.15, 0.2) is 0 Å². The molecule has 0 radical (unpaired) electrons. The zero-order chi connectivity index (χ0) is 15.1. The zero-order valence-electron chi connectivity index (χ0n) is 12.6. The van der Waals surface area contributed by atoms with Crippen molar-refractivity contribution in [2.45, 2.75) is 32.4 Å². The van der Waals surface area contributed by atoms with Crippen molar-refractivity contribution in [3.63, 3.8) is 0 Å². The first-order valence-corrected chi connectivity index (χ1v) is 7.55. The highest BCUT2D eigenvalue weighted by atomic mass is 16.5. The molecule has 2 rings (SSSR count). The lowest BCUT2D eigenvalue weighted by atomic mass is 10.0. The number of rotatable bonds is 6. The summed E-state index contributed by atoms with van der Waals surface area (Å²) in [6, 6.07) is 6.37. The first kappa shape index (κ1) is 15.7. The van der Waals surface area contributed by atoms with Gasteiger partial charge in [-0.1, -0.05) is 5.92 Å². The molecule has 0 saturated carbocycles. The summed E-state index contributed by atoms with van der Waals surface area (Å²) in [6.07, 6.45) is 7.52. The minimum Gasteiger partial charge on any atom is -0.494 e. The van der Waals surface area contributed by atoms with Gasteiger partial charge in [-0.25, -0.2) is 0 Å². The van der Waals surface area contributed by atoms with Gasteiger partial charge in [0.05, 0.1) is 19.8 Å². The van der Waals surface area contributed by atoms with E-state index in [4.69, 9.17) is 11.2 Å². The number of ether oxygens (including phenoxy) is 1. The van der Waals surface area contributed by atoms with Crippen LogP contribution >= 0.6 is 0 Å². The molecule has 2 N–H and O–H groups in total. The molecule has 1 heterocycles. The van der Waals surface area contributed by atoms with E-state index >= 15 is 0 Å².